The van der Waals surface area contributed by atoms with Gasteiger partial charge in [-0.25, -0.2) is 4.98 Å². The number of β-amino-alcohol motifs (C(OH)–C–C–N with tert-alkyl or cyclic N) is 1. The van der Waals surface area contributed by atoms with Gasteiger partial charge >= 0.3 is 0 Å². The number of halogens is 1. The second kappa shape index (κ2) is 17.2. The summed E-state index contributed by atoms with van der Waals surface area (Å²) in [5.41, 5.74) is 4.24. The average molecular weight is 680 g/mol. The number of aliphatic hydroxyl groups excluding tert-OH is 1. The van der Waals surface area contributed by atoms with Gasteiger partial charge in [-0.1, -0.05) is 73.8 Å². The Morgan fingerprint density at radius 3 is 2.47 bits per heavy atom. The number of nitrogens with one attached hydrogen (secondary N) is 2. The van der Waals surface area contributed by atoms with E-state index in [2.05, 4.69) is 31.5 Å². The summed E-state index contributed by atoms with van der Waals surface area (Å²) in [5, 5.41) is 17.2. The van der Waals surface area contributed by atoms with Crippen LogP contribution in [0.25, 0.3) is 10.4 Å². The second-order valence-electron chi connectivity index (χ2n) is 12.3. The number of carbonyl (C=O) groups is 3. The lowest BCUT2D eigenvalue weighted by atomic mass is 9.85. The quantitative estimate of drug-likeness (QED) is 0.170. The number of unbranched alkanes of at least 4 members (excludes halogenated alkanes) is 3. The number of aromatic nitrogens is 1. The zero-order valence-electron chi connectivity index (χ0n) is 25.9. The van der Waals surface area contributed by atoms with Gasteiger partial charge in [0.15, 0.2) is 0 Å². The molecule has 3 N–H and O–H groups in total. The summed E-state index contributed by atoms with van der Waals surface area (Å²) in [6, 6.07) is 6.33. The highest BCUT2D eigenvalue weighted by Crippen LogP contribution is 2.28. The van der Waals surface area contributed by atoms with Crippen molar-refractivity contribution in [3.63, 3.8) is 0 Å². The summed E-state index contributed by atoms with van der Waals surface area (Å²) in [5.74, 6) is -0.843. The van der Waals surface area contributed by atoms with Crippen molar-refractivity contribution >= 4 is 45.0 Å². The van der Waals surface area contributed by atoms with E-state index in [-0.39, 0.29) is 30.7 Å². The Morgan fingerprint density at radius 2 is 1.81 bits per heavy atom. The van der Waals surface area contributed by atoms with E-state index < -0.39 is 23.6 Å². The molecule has 2 aromatic rings. The first-order chi connectivity index (χ1) is 20.5. The van der Waals surface area contributed by atoms with E-state index in [1.54, 1.807) is 11.3 Å². The largest absolute Gasteiger partial charge is 0.391 e. The van der Waals surface area contributed by atoms with Crippen molar-refractivity contribution in [2.75, 3.05) is 25.1 Å². The van der Waals surface area contributed by atoms with Crippen molar-refractivity contribution in [3.05, 3.63) is 41.0 Å². The summed E-state index contributed by atoms with van der Waals surface area (Å²) in [6.07, 6.45) is 4.28. The number of carbonyl (C=O) groups excluding carboxylic acids is 3. The normalized spacial score (nSPS) is 17.6. The molecule has 1 aromatic heterocycles. The fourth-order valence-corrected chi connectivity index (χ4v) is 6.16. The topological polar surface area (TPSA) is 121 Å². The molecule has 0 aliphatic carbocycles. The molecule has 0 spiro atoms. The van der Waals surface area contributed by atoms with Crippen LogP contribution < -0.4 is 10.6 Å². The summed E-state index contributed by atoms with van der Waals surface area (Å²) in [4.78, 5) is 46.7. The molecule has 0 radical (unpaired) electrons. The van der Waals surface area contributed by atoms with Gasteiger partial charge in [0.2, 0.25) is 17.7 Å². The predicted octanol–water partition coefficient (Wildman–Crippen LogP) is 4.98. The minimum absolute atomic E-state index is 0.0555. The Labute approximate surface area is 268 Å². The molecule has 0 bridgehead atoms. The van der Waals surface area contributed by atoms with Crippen LogP contribution >= 0.6 is 27.3 Å². The van der Waals surface area contributed by atoms with E-state index in [4.69, 9.17) is 4.74 Å². The fourth-order valence-electron chi connectivity index (χ4n) is 5.12. The number of benzene rings is 1. The molecule has 238 valence electrons. The first-order valence-corrected chi connectivity index (χ1v) is 17.2. The van der Waals surface area contributed by atoms with Crippen molar-refractivity contribution in [2.45, 2.75) is 97.4 Å². The molecular weight excluding hydrogens is 632 g/mol. The van der Waals surface area contributed by atoms with Crippen molar-refractivity contribution in [2.24, 2.45) is 5.41 Å². The van der Waals surface area contributed by atoms with Crippen LogP contribution in [0, 0.1) is 12.3 Å². The van der Waals surface area contributed by atoms with Crippen LogP contribution in [0.15, 0.2) is 29.8 Å². The van der Waals surface area contributed by atoms with Gasteiger partial charge < -0.3 is 25.4 Å². The van der Waals surface area contributed by atoms with E-state index in [1.165, 1.54) is 4.90 Å². The lowest BCUT2D eigenvalue weighted by molar-refractivity contribution is -0.144. The molecule has 1 aliphatic heterocycles. The molecule has 1 fully saturated rings. The van der Waals surface area contributed by atoms with E-state index in [0.29, 0.717) is 13.0 Å². The predicted molar refractivity (Wildman–Crippen MR) is 174 cm³/mol. The van der Waals surface area contributed by atoms with Gasteiger partial charge in [0, 0.05) is 44.5 Å². The van der Waals surface area contributed by atoms with Gasteiger partial charge in [-0.05, 0) is 42.7 Å². The van der Waals surface area contributed by atoms with E-state index in [1.807, 2.05) is 57.5 Å². The number of nitrogens with zero attached hydrogens (tertiary/aromatic N) is 2. The SMILES string of the molecule is Cc1ncsc1-c1ccc(CNC(=O)[C@@H]2C[C@@H](O)CN2C(=O)[C@@H](NC(=O)CCCCCCOCCCBr)C(C)(C)C)cc1. The third kappa shape index (κ3) is 11.0. The minimum atomic E-state index is -0.814. The molecule has 0 saturated carbocycles. The number of thiazole rings is 1. The Bertz CT molecular complexity index is 1180. The molecule has 0 unspecified atom stereocenters. The Balaban J connectivity index is 1.52. The van der Waals surface area contributed by atoms with Crippen LogP contribution in [0.5, 0.6) is 0 Å². The molecule has 2 heterocycles. The van der Waals surface area contributed by atoms with E-state index >= 15 is 0 Å². The van der Waals surface area contributed by atoms with Crippen LogP contribution in [0.1, 0.15) is 77.0 Å². The van der Waals surface area contributed by atoms with Crippen LogP contribution in [0.2, 0.25) is 0 Å². The minimum Gasteiger partial charge on any atom is -0.391 e. The highest BCUT2D eigenvalue weighted by molar-refractivity contribution is 9.09. The second-order valence-corrected chi connectivity index (χ2v) is 13.9. The third-order valence-corrected chi connectivity index (χ3v) is 9.11. The first kappa shape index (κ1) is 35.1. The fraction of sp³-hybridized carbons (Fsp3) is 0.625. The number of hydrogen-bond acceptors (Lipinski definition) is 7. The zero-order chi connectivity index (χ0) is 31.4. The summed E-state index contributed by atoms with van der Waals surface area (Å²) in [7, 11) is 0. The Morgan fingerprint density at radius 1 is 1.12 bits per heavy atom. The maximum atomic E-state index is 13.8. The third-order valence-electron chi connectivity index (χ3n) is 7.58. The Kier molecular flexibility index (Phi) is 14.1. The van der Waals surface area contributed by atoms with E-state index in [9.17, 15) is 19.5 Å². The number of hydrogen-bond donors (Lipinski definition) is 3. The standard InChI is InChI=1S/C32H47BrN4O5S/c1-22-28(43-21-35-22)24-13-11-23(12-14-24)19-34-30(40)26-18-25(38)20-37(26)31(41)29(32(2,3)4)36-27(39)10-7-5-6-8-16-42-17-9-15-33/h11-14,21,25-26,29,38H,5-10,15-20H2,1-4H3,(H,34,40)(H,36,39)/t25-,26+,29-/m1/s1. The number of aryl methyl sites for hydroxylation is 1. The number of likely N-dealkylation sites (tertiary alicyclic amines) is 1. The zero-order valence-corrected chi connectivity index (χ0v) is 28.3. The number of alkyl halides is 1. The molecule has 11 heteroatoms. The molecule has 43 heavy (non-hydrogen) atoms. The number of aliphatic hydroxyl groups is 1. The molecule has 9 nitrogen and oxygen atoms in total. The highest BCUT2D eigenvalue weighted by Gasteiger charge is 2.44. The van der Waals surface area contributed by atoms with Crippen LogP contribution in [0.3, 0.4) is 0 Å². The Hall–Kier alpha value is -2.34. The van der Waals surface area contributed by atoms with Gasteiger partial charge in [0.05, 0.1) is 22.2 Å². The average Bonchev–Trinajstić information content (AvgIpc) is 3.58. The van der Waals surface area contributed by atoms with Crippen molar-refractivity contribution in [1.82, 2.24) is 20.5 Å². The van der Waals surface area contributed by atoms with Crippen LogP contribution in [-0.4, -0.2) is 76.0 Å². The highest BCUT2D eigenvalue weighted by atomic mass is 79.9. The van der Waals surface area contributed by atoms with Crippen molar-refractivity contribution in [3.8, 4) is 10.4 Å². The smallest absolute Gasteiger partial charge is 0.246 e. The maximum Gasteiger partial charge on any atom is 0.246 e. The van der Waals surface area contributed by atoms with Gasteiger partial charge in [-0.3, -0.25) is 14.4 Å². The monoisotopic (exact) mass is 678 g/mol. The number of amides is 3. The lowest BCUT2D eigenvalue weighted by Gasteiger charge is -2.35. The van der Waals surface area contributed by atoms with Crippen LogP contribution in [-0.2, 0) is 25.7 Å². The summed E-state index contributed by atoms with van der Waals surface area (Å²) < 4.78 is 5.56. The first-order valence-electron chi connectivity index (χ1n) is 15.2. The maximum absolute atomic E-state index is 13.8. The van der Waals surface area contributed by atoms with Gasteiger partial charge in [-0.15, -0.1) is 11.3 Å². The molecule has 3 atom stereocenters. The van der Waals surface area contributed by atoms with E-state index in [0.717, 1.165) is 72.3 Å². The van der Waals surface area contributed by atoms with Gasteiger partial charge in [-0.2, -0.15) is 0 Å². The van der Waals surface area contributed by atoms with Crippen LogP contribution in [0.4, 0.5) is 0 Å². The molecule has 3 rings (SSSR count). The number of rotatable bonds is 16. The molecule has 1 aliphatic rings. The molecular formula is C32H47BrN4O5S. The summed E-state index contributed by atoms with van der Waals surface area (Å²) >= 11 is 4.98. The molecule has 3 amide bonds. The molecule has 1 aromatic carbocycles. The van der Waals surface area contributed by atoms with Gasteiger partial charge in [0.25, 0.3) is 0 Å². The van der Waals surface area contributed by atoms with Gasteiger partial charge in [0.1, 0.15) is 12.1 Å². The van der Waals surface area contributed by atoms with Crippen molar-refractivity contribution < 1.29 is 24.2 Å². The molecule has 1 saturated heterocycles. The number of ether oxygens (including phenoxy) is 1. The summed E-state index contributed by atoms with van der Waals surface area (Å²) in [6.45, 7) is 9.51. The lowest BCUT2D eigenvalue weighted by Crippen LogP contribution is -2.57. The van der Waals surface area contributed by atoms with Crippen molar-refractivity contribution in [1.29, 1.82) is 0 Å².